The van der Waals surface area contributed by atoms with Gasteiger partial charge in [-0.1, -0.05) is 30.3 Å². The van der Waals surface area contributed by atoms with Gasteiger partial charge >= 0.3 is 5.97 Å². The van der Waals surface area contributed by atoms with E-state index in [4.69, 9.17) is 0 Å². The number of aromatic nitrogens is 2. The molecule has 1 fully saturated rings. The zero-order valence-corrected chi connectivity index (χ0v) is 14.1. The minimum Gasteiger partial charge on any atom is -0.481 e. The second-order valence-corrected chi connectivity index (χ2v) is 6.50. The number of fused-ring (bicyclic) bond motifs is 1. The van der Waals surface area contributed by atoms with Gasteiger partial charge in [-0.05, 0) is 30.5 Å². The number of piperidine rings is 1. The zero-order chi connectivity index (χ0) is 18.1. The maximum absolute atomic E-state index is 14.4. The molecule has 2 aromatic carbocycles. The third-order valence-electron chi connectivity index (χ3n) is 4.88. The largest absolute Gasteiger partial charge is 0.481 e. The van der Waals surface area contributed by atoms with Gasteiger partial charge < -0.3 is 10.0 Å². The highest BCUT2D eigenvalue weighted by Crippen LogP contribution is 2.36. The third-order valence-corrected chi connectivity index (χ3v) is 4.88. The van der Waals surface area contributed by atoms with E-state index < -0.39 is 11.9 Å². The normalized spacial score (nSPS) is 17.4. The van der Waals surface area contributed by atoms with Crippen molar-refractivity contribution >= 4 is 22.7 Å². The van der Waals surface area contributed by atoms with Crippen molar-refractivity contribution in [3.05, 3.63) is 54.6 Å². The Hall–Kier alpha value is -3.02. The fourth-order valence-electron chi connectivity index (χ4n) is 3.61. The van der Waals surface area contributed by atoms with Crippen LogP contribution in [-0.4, -0.2) is 34.1 Å². The van der Waals surface area contributed by atoms with Crippen molar-refractivity contribution in [2.45, 2.75) is 12.8 Å². The molecule has 0 aliphatic carbocycles. The van der Waals surface area contributed by atoms with Crippen molar-refractivity contribution < 1.29 is 14.3 Å². The minimum atomic E-state index is -0.789. The summed E-state index contributed by atoms with van der Waals surface area (Å²) in [7, 11) is 0. The molecule has 0 radical (unpaired) electrons. The highest BCUT2D eigenvalue weighted by atomic mass is 19.1. The predicted octanol–water partition coefficient (Wildman–Crippen LogP) is 3.74. The lowest BCUT2D eigenvalue weighted by Crippen LogP contribution is -2.39. The van der Waals surface area contributed by atoms with Gasteiger partial charge in [-0.3, -0.25) is 4.79 Å². The first-order chi connectivity index (χ1) is 12.6. The fourth-order valence-corrected chi connectivity index (χ4v) is 3.61. The van der Waals surface area contributed by atoms with E-state index in [1.165, 1.54) is 12.4 Å². The molecule has 1 atom stereocenters. The molecule has 6 heteroatoms. The Kier molecular flexibility index (Phi) is 4.24. The van der Waals surface area contributed by atoms with Gasteiger partial charge in [0.2, 0.25) is 0 Å². The van der Waals surface area contributed by atoms with Gasteiger partial charge in [0.1, 0.15) is 18.0 Å². The number of nitrogens with zero attached hydrogens (tertiary/aromatic N) is 3. The molecule has 1 saturated heterocycles. The Bertz CT molecular complexity index is 971. The van der Waals surface area contributed by atoms with Crippen molar-refractivity contribution in [3.8, 4) is 11.1 Å². The maximum atomic E-state index is 14.4. The lowest BCUT2D eigenvalue weighted by Gasteiger charge is -2.32. The van der Waals surface area contributed by atoms with E-state index in [1.807, 2.05) is 23.1 Å². The molecular formula is C20H18FN3O2. The molecule has 26 heavy (non-hydrogen) atoms. The van der Waals surface area contributed by atoms with Gasteiger partial charge in [0, 0.05) is 18.7 Å². The van der Waals surface area contributed by atoms with E-state index >= 15 is 0 Å². The summed E-state index contributed by atoms with van der Waals surface area (Å²) >= 11 is 0. The van der Waals surface area contributed by atoms with E-state index in [0.717, 1.165) is 18.4 Å². The van der Waals surface area contributed by atoms with Crippen LogP contribution in [0.3, 0.4) is 0 Å². The van der Waals surface area contributed by atoms with Gasteiger partial charge in [0.15, 0.2) is 0 Å². The number of rotatable bonds is 3. The first-order valence-electron chi connectivity index (χ1n) is 8.61. The molecule has 2 heterocycles. The van der Waals surface area contributed by atoms with Crippen LogP contribution in [0.1, 0.15) is 12.8 Å². The summed E-state index contributed by atoms with van der Waals surface area (Å²) in [6.45, 7) is 1.12. The SMILES string of the molecule is O=C(O)C1CCCN(c2ncnc3cccc(-c4ccccc4F)c23)C1. The molecule has 0 amide bonds. The van der Waals surface area contributed by atoms with Crippen LogP contribution < -0.4 is 4.90 Å². The summed E-state index contributed by atoms with van der Waals surface area (Å²) in [6.07, 6.45) is 2.92. The van der Waals surface area contributed by atoms with Crippen LogP contribution in [0.4, 0.5) is 10.2 Å². The number of hydrogen-bond acceptors (Lipinski definition) is 4. The molecule has 0 spiro atoms. The van der Waals surface area contributed by atoms with Gasteiger partial charge in [-0.2, -0.15) is 0 Å². The zero-order valence-electron chi connectivity index (χ0n) is 14.1. The van der Waals surface area contributed by atoms with E-state index in [1.54, 1.807) is 18.2 Å². The Balaban J connectivity index is 1.88. The van der Waals surface area contributed by atoms with Crippen molar-refractivity contribution in [2.75, 3.05) is 18.0 Å². The number of carboxylic acids is 1. The van der Waals surface area contributed by atoms with Crippen molar-refractivity contribution in [1.29, 1.82) is 0 Å². The van der Waals surface area contributed by atoms with Gasteiger partial charge in [-0.25, -0.2) is 14.4 Å². The Morgan fingerprint density at radius 3 is 2.73 bits per heavy atom. The summed E-state index contributed by atoms with van der Waals surface area (Å²) in [5.41, 5.74) is 1.92. The quantitative estimate of drug-likeness (QED) is 0.779. The highest BCUT2D eigenvalue weighted by molar-refractivity contribution is 6.02. The van der Waals surface area contributed by atoms with Crippen molar-refractivity contribution in [1.82, 2.24) is 9.97 Å². The average Bonchev–Trinajstić information content (AvgIpc) is 2.67. The number of halogens is 1. The van der Waals surface area contributed by atoms with E-state index in [9.17, 15) is 14.3 Å². The molecular weight excluding hydrogens is 333 g/mol. The van der Waals surface area contributed by atoms with Crippen LogP contribution in [0.25, 0.3) is 22.0 Å². The fraction of sp³-hybridized carbons (Fsp3) is 0.250. The molecule has 3 aromatic rings. The molecule has 4 rings (SSSR count). The molecule has 132 valence electrons. The molecule has 0 bridgehead atoms. The second-order valence-electron chi connectivity index (χ2n) is 6.50. The van der Waals surface area contributed by atoms with Gasteiger partial charge in [0.05, 0.1) is 16.8 Å². The third kappa shape index (κ3) is 2.87. The van der Waals surface area contributed by atoms with Crippen LogP contribution in [0.2, 0.25) is 0 Å². The number of carbonyl (C=O) groups is 1. The lowest BCUT2D eigenvalue weighted by atomic mass is 9.96. The standard InChI is InChI=1S/C20H18FN3O2/c21-16-8-2-1-6-14(16)15-7-3-9-17-18(15)19(23-12-22-17)24-10-4-5-13(11-24)20(25)26/h1-3,6-9,12-13H,4-5,10-11H2,(H,25,26). The van der Waals surface area contributed by atoms with Crippen LogP contribution >= 0.6 is 0 Å². The van der Waals surface area contributed by atoms with Crippen LogP contribution in [0.15, 0.2) is 48.8 Å². The first-order valence-corrected chi connectivity index (χ1v) is 8.61. The second kappa shape index (κ2) is 6.71. The van der Waals surface area contributed by atoms with Crippen LogP contribution in [0, 0.1) is 11.7 Å². The molecule has 1 N–H and O–H groups in total. The Labute approximate surface area is 150 Å². The van der Waals surface area contributed by atoms with Crippen molar-refractivity contribution in [2.24, 2.45) is 5.92 Å². The van der Waals surface area contributed by atoms with E-state index in [0.29, 0.717) is 35.4 Å². The first kappa shape index (κ1) is 16.4. The molecule has 1 aliphatic rings. The van der Waals surface area contributed by atoms with Gasteiger partial charge in [0.25, 0.3) is 0 Å². The molecule has 1 unspecified atom stereocenters. The average molecular weight is 351 g/mol. The van der Waals surface area contributed by atoms with Crippen LogP contribution in [0.5, 0.6) is 0 Å². The Morgan fingerprint density at radius 1 is 1.12 bits per heavy atom. The number of aliphatic carboxylic acids is 1. The highest BCUT2D eigenvalue weighted by Gasteiger charge is 2.27. The summed E-state index contributed by atoms with van der Waals surface area (Å²) in [4.78, 5) is 22.2. The smallest absolute Gasteiger partial charge is 0.308 e. The molecule has 1 aliphatic heterocycles. The predicted molar refractivity (Wildman–Crippen MR) is 97.5 cm³/mol. The minimum absolute atomic E-state index is 0.308. The molecule has 5 nitrogen and oxygen atoms in total. The summed E-state index contributed by atoms with van der Waals surface area (Å²) in [5, 5.41) is 10.1. The monoisotopic (exact) mass is 351 g/mol. The van der Waals surface area contributed by atoms with E-state index in [-0.39, 0.29) is 5.82 Å². The lowest BCUT2D eigenvalue weighted by molar-refractivity contribution is -0.141. The topological polar surface area (TPSA) is 66.3 Å². The number of anilines is 1. The molecule has 0 saturated carbocycles. The summed E-state index contributed by atoms with van der Waals surface area (Å²) < 4.78 is 14.4. The van der Waals surface area contributed by atoms with Crippen molar-refractivity contribution in [3.63, 3.8) is 0 Å². The summed E-state index contributed by atoms with van der Waals surface area (Å²) in [5.74, 6) is -0.853. The van der Waals surface area contributed by atoms with Gasteiger partial charge in [-0.15, -0.1) is 0 Å². The maximum Gasteiger partial charge on any atom is 0.308 e. The molecule has 1 aromatic heterocycles. The number of hydrogen-bond donors (Lipinski definition) is 1. The van der Waals surface area contributed by atoms with E-state index in [2.05, 4.69) is 9.97 Å². The number of carboxylic acid groups (broad SMARTS) is 1. The van der Waals surface area contributed by atoms with Crippen LogP contribution in [-0.2, 0) is 4.79 Å². The Morgan fingerprint density at radius 2 is 1.92 bits per heavy atom. The summed E-state index contributed by atoms with van der Waals surface area (Å²) in [6, 6.07) is 12.2. The number of benzene rings is 2.